The summed E-state index contributed by atoms with van der Waals surface area (Å²) < 4.78 is 40.6. The smallest absolute Gasteiger partial charge is 0.481 e. The Morgan fingerprint density at radius 3 is 2.62 bits per heavy atom. The number of carboxylic acids is 1. The van der Waals surface area contributed by atoms with Crippen molar-refractivity contribution in [1.82, 2.24) is 4.90 Å². The summed E-state index contributed by atoms with van der Waals surface area (Å²) in [5.41, 5.74) is 0.0664. The molecule has 1 fully saturated rings. The van der Waals surface area contributed by atoms with E-state index in [4.69, 9.17) is 5.11 Å². The average molecular weight is 345 g/mol. The third-order valence-electron chi connectivity index (χ3n) is 4.18. The first-order valence-electron chi connectivity index (χ1n) is 7.53. The van der Waals surface area contributed by atoms with Crippen LogP contribution in [-0.2, 0) is 4.79 Å². The number of halogens is 3. The van der Waals surface area contributed by atoms with E-state index in [1.165, 1.54) is 24.1 Å². The maximum atomic E-state index is 12.5. The van der Waals surface area contributed by atoms with Gasteiger partial charge in [0.25, 0.3) is 5.91 Å². The second-order valence-corrected chi connectivity index (χ2v) is 5.85. The number of benzene rings is 1. The van der Waals surface area contributed by atoms with E-state index < -0.39 is 29.9 Å². The molecule has 1 amide bonds. The van der Waals surface area contributed by atoms with E-state index in [0.29, 0.717) is 25.7 Å². The minimum Gasteiger partial charge on any atom is -0.481 e. The normalized spacial score (nSPS) is 21.2. The zero-order chi connectivity index (χ0) is 17.9. The van der Waals surface area contributed by atoms with Gasteiger partial charge in [-0.1, -0.05) is 12.5 Å². The van der Waals surface area contributed by atoms with E-state index in [-0.39, 0.29) is 11.6 Å². The molecule has 0 radical (unpaired) electrons. The molecule has 0 saturated heterocycles. The van der Waals surface area contributed by atoms with E-state index in [9.17, 15) is 22.8 Å². The Balaban J connectivity index is 2.10. The molecule has 0 aliphatic heterocycles. The van der Waals surface area contributed by atoms with Crippen LogP contribution in [0, 0.1) is 5.92 Å². The molecule has 2 unspecified atom stereocenters. The van der Waals surface area contributed by atoms with Crippen molar-refractivity contribution in [3.8, 4) is 5.75 Å². The van der Waals surface area contributed by atoms with Gasteiger partial charge in [-0.3, -0.25) is 9.59 Å². The lowest BCUT2D eigenvalue weighted by Crippen LogP contribution is -2.41. The lowest BCUT2D eigenvalue weighted by molar-refractivity contribution is -0.274. The Kier molecular flexibility index (Phi) is 5.36. The summed E-state index contributed by atoms with van der Waals surface area (Å²) in [5, 5.41) is 9.11. The van der Waals surface area contributed by atoms with Crippen LogP contribution < -0.4 is 4.74 Å². The van der Waals surface area contributed by atoms with Crippen LogP contribution in [0.25, 0.3) is 0 Å². The third-order valence-corrected chi connectivity index (χ3v) is 4.18. The van der Waals surface area contributed by atoms with Gasteiger partial charge in [0.15, 0.2) is 0 Å². The van der Waals surface area contributed by atoms with Crippen molar-refractivity contribution < 1.29 is 32.6 Å². The predicted octanol–water partition coefficient (Wildman–Crippen LogP) is 3.30. The zero-order valence-corrected chi connectivity index (χ0v) is 13.0. The maximum absolute atomic E-state index is 12.5. The zero-order valence-electron chi connectivity index (χ0n) is 13.0. The fourth-order valence-electron chi connectivity index (χ4n) is 2.94. The number of alkyl halides is 3. The molecule has 1 aliphatic carbocycles. The highest BCUT2D eigenvalue weighted by atomic mass is 19.4. The number of hydrogen-bond donors (Lipinski definition) is 1. The number of carbonyl (C=O) groups excluding carboxylic acids is 1. The fourth-order valence-corrected chi connectivity index (χ4v) is 2.94. The molecule has 1 aliphatic rings. The number of amides is 1. The number of hydrogen-bond acceptors (Lipinski definition) is 3. The molecule has 132 valence electrons. The van der Waals surface area contributed by atoms with Crippen molar-refractivity contribution in [2.45, 2.75) is 38.1 Å². The van der Waals surface area contributed by atoms with Crippen molar-refractivity contribution in [2.24, 2.45) is 5.92 Å². The van der Waals surface area contributed by atoms with Gasteiger partial charge < -0.3 is 14.7 Å². The number of carboxylic acid groups (broad SMARTS) is 1. The van der Waals surface area contributed by atoms with Crippen molar-refractivity contribution in [3.63, 3.8) is 0 Å². The van der Waals surface area contributed by atoms with Crippen molar-refractivity contribution in [1.29, 1.82) is 0 Å². The molecule has 5 nitrogen and oxygen atoms in total. The van der Waals surface area contributed by atoms with Gasteiger partial charge in [-0.05, 0) is 37.5 Å². The van der Waals surface area contributed by atoms with Crippen LogP contribution in [-0.4, -0.2) is 41.3 Å². The molecule has 1 aromatic carbocycles. The second kappa shape index (κ2) is 7.11. The van der Waals surface area contributed by atoms with Crippen molar-refractivity contribution >= 4 is 11.9 Å². The summed E-state index contributed by atoms with van der Waals surface area (Å²) >= 11 is 0. The van der Waals surface area contributed by atoms with E-state index in [0.717, 1.165) is 12.1 Å². The standard InChI is InChI=1S/C16H18F3NO4/c1-20(12-6-2-5-11(8-12)15(22)23)14(21)10-4-3-7-13(9-10)24-16(17,18)19/h3-4,7,9,11-12H,2,5-6,8H2,1H3,(H,22,23). The Bertz CT molecular complexity index is 618. The average Bonchev–Trinajstić information content (AvgIpc) is 2.52. The highest BCUT2D eigenvalue weighted by Crippen LogP contribution is 2.29. The quantitative estimate of drug-likeness (QED) is 0.909. The highest BCUT2D eigenvalue weighted by molar-refractivity contribution is 5.94. The number of nitrogens with zero attached hydrogens (tertiary/aromatic N) is 1. The van der Waals surface area contributed by atoms with Gasteiger partial charge in [0, 0.05) is 18.7 Å². The maximum Gasteiger partial charge on any atom is 0.573 e. The number of carbonyl (C=O) groups is 2. The highest BCUT2D eigenvalue weighted by Gasteiger charge is 2.33. The summed E-state index contributed by atoms with van der Waals surface area (Å²) in [7, 11) is 1.54. The van der Waals surface area contributed by atoms with Gasteiger partial charge in [0.2, 0.25) is 0 Å². The lowest BCUT2D eigenvalue weighted by Gasteiger charge is -2.34. The molecule has 0 aromatic heterocycles. The van der Waals surface area contributed by atoms with Crippen LogP contribution in [0.15, 0.2) is 24.3 Å². The largest absolute Gasteiger partial charge is 0.573 e. The summed E-state index contributed by atoms with van der Waals surface area (Å²) in [6.07, 6.45) is -2.55. The molecule has 24 heavy (non-hydrogen) atoms. The fraction of sp³-hybridized carbons (Fsp3) is 0.500. The molecule has 1 aromatic rings. The van der Waals surface area contributed by atoms with Crippen LogP contribution in [0.4, 0.5) is 13.2 Å². The van der Waals surface area contributed by atoms with Crippen molar-refractivity contribution in [2.75, 3.05) is 7.05 Å². The van der Waals surface area contributed by atoms with Gasteiger partial charge in [-0.2, -0.15) is 0 Å². The molecular weight excluding hydrogens is 327 g/mol. The second-order valence-electron chi connectivity index (χ2n) is 5.85. The molecule has 0 spiro atoms. The van der Waals surface area contributed by atoms with E-state index in [1.807, 2.05) is 0 Å². The monoisotopic (exact) mass is 345 g/mol. The molecule has 2 atom stereocenters. The van der Waals surface area contributed by atoms with Gasteiger partial charge in [-0.25, -0.2) is 0 Å². The van der Waals surface area contributed by atoms with Crippen LogP contribution in [0.1, 0.15) is 36.0 Å². The Labute approximate surface area is 137 Å². The Morgan fingerprint density at radius 1 is 1.29 bits per heavy atom. The first-order chi connectivity index (χ1) is 11.2. The number of rotatable bonds is 4. The third kappa shape index (κ3) is 4.62. The minimum absolute atomic E-state index is 0.0664. The topological polar surface area (TPSA) is 66.8 Å². The first kappa shape index (κ1) is 18.1. The lowest BCUT2D eigenvalue weighted by atomic mass is 9.85. The molecule has 0 bridgehead atoms. The van der Waals surface area contributed by atoms with Crippen LogP contribution in [0.2, 0.25) is 0 Å². The van der Waals surface area contributed by atoms with Crippen molar-refractivity contribution in [3.05, 3.63) is 29.8 Å². The van der Waals surface area contributed by atoms with Gasteiger partial charge in [-0.15, -0.1) is 13.2 Å². The van der Waals surface area contributed by atoms with Gasteiger partial charge in [0.1, 0.15) is 5.75 Å². The molecule has 1 N–H and O–H groups in total. The molecule has 2 rings (SSSR count). The summed E-state index contributed by atoms with van der Waals surface area (Å²) in [5.74, 6) is -2.31. The first-order valence-corrected chi connectivity index (χ1v) is 7.53. The van der Waals surface area contributed by atoms with Crippen LogP contribution in [0.3, 0.4) is 0 Å². The number of ether oxygens (including phenoxy) is 1. The van der Waals surface area contributed by atoms with Gasteiger partial charge >= 0.3 is 12.3 Å². The molecule has 0 heterocycles. The Hall–Kier alpha value is -2.25. The predicted molar refractivity (Wildman–Crippen MR) is 78.6 cm³/mol. The molecular formula is C16H18F3NO4. The molecule has 8 heteroatoms. The Morgan fingerprint density at radius 2 is 2.00 bits per heavy atom. The van der Waals surface area contributed by atoms with Crippen LogP contribution in [0.5, 0.6) is 5.75 Å². The summed E-state index contributed by atoms with van der Waals surface area (Å²) in [6.45, 7) is 0. The minimum atomic E-state index is -4.83. The van der Waals surface area contributed by atoms with E-state index in [2.05, 4.69) is 4.74 Å². The van der Waals surface area contributed by atoms with E-state index in [1.54, 1.807) is 0 Å². The molecule has 1 saturated carbocycles. The summed E-state index contributed by atoms with van der Waals surface area (Å²) in [6, 6.07) is 4.61. The van der Waals surface area contributed by atoms with Crippen LogP contribution >= 0.6 is 0 Å². The van der Waals surface area contributed by atoms with E-state index >= 15 is 0 Å². The van der Waals surface area contributed by atoms with Gasteiger partial charge in [0.05, 0.1) is 5.92 Å². The summed E-state index contributed by atoms with van der Waals surface area (Å²) in [4.78, 5) is 25.0. The number of aliphatic carboxylic acids is 1. The SMILES string of the molecule is CN(C(=O)c1cccc(OC(F)(F)F)c1)C1CCCC(C(=O)O)C1.